The molecule has 3 saturated carbocycles. The molecular weight excluding hydrogens is 576 g/mol. The lowest BCUT2D eigenvalue weighted by molar-refractivity contribution is -0.125. The Morgan fingerprint density at radius 3 is 2.07 bits per heavy atom. The average Bonchev–Trinajstić information content (AvgIpc) is 3.86. The summed E-state index contributed by atoms with van der Waals surface area (Å²) in [6.45, 7) is 23.1. The van der Waals surface area contributed by atoms with Gasteiger partial charge in [0.2, 0.25) is 11.8 Å². The SMILES string of the molecule is C=C(C(N)=O)C(CC1CC1(F)F)NC(=O)C1NCCC1CC.C=C(NC(C(=O)C1CC1)C(C)(C)C)NC1(C)CCCCC1.CC. The van der Waals surface area contributed by atoms with Gasteiger partial charge in [0.25, 0.3) is 5.92 Å². The zero-order chi connectivity index (χ0) is 34.2. The second-order valence-corrected chi connectivity index (χ2v) is 14.6. The van der Waals surface area contributed by atoms with E-state index in [-0.39, 0.29) is 59.2 Å². The number of Topliss-reactive ketones (excluding diaryl/α,β-unsaturated/α-hetero) is 1. The van der Waals surface area contributed by atoms with Gasteiger partial charge in [0.15, 0.2) is 5.78 Å². The number of halogens is 2. The molecule has 0 aromatic carbocycles. The maximum Gasteiger partial charge on any atom is 0.251 e. The highest BCUT2D eigenvalue weighted by Crippen LogP contribution is 2.51. The fourth-order valence-corrected chi connectivity index (χ4v) is 6.39. The van der Waals surface area contributed by atoms with Gasteiger partial charge in [0, 0.05) is 29.4 Å². The number of rotatable bonds is 13. The molecule has 0 radical (unpaired) electrons. The highest BCUT2D eigenvalue weighted by atomic mass is 19.3. The fourth-order valence-electron chi connectivity index (χ4n) is 6.39. The van der Waals surface area contributed by atoms with Crippen molar-refractivity contribution in [2.45, 2.75) is 149 Å². The van der Waals surface area contributed by atoms with E-state index in [0.29, 0.717) is 5.78 Å². The summed E-state index contributed by atoms with van der Waals surface area (Å²) >= 11 is 0. The summed E-state index contributed by atoms with van der Waals surface area (Å²) in [6, 6.07) is -1.33. The maximum atomic E-state index is 13.1. The zero-order valence-corrected chi connectivity index (χ0v) is 28.9. The average molecular weight is 638 g/mol. The zero-order valence-electron chi connectivity index (χ0n) is 28.9. The molecule has 5 atom stereocenters. The van der Waals surface area contributed by atoms with Gasteiger partial charge in [-0.1, -0.05) is 80.4 Å². The molecule has 1 heterocycles. The smallest absolute Gasteiger partial charge is 0.251 e. The Morgan fingerprint density at radius 2 is 1.60 bits per heavy atom. The highest BCUT2D eigenvalue weighted by molar-refractivity contribution is 5.94. The van der Waals surface area contributed by atoms with Crippen molar-refractivity contribution in [3.05, 3.63) is 24.6 Å². The quantitative estimate of drug-likeness (QED) is 0.164. The predicted molar refractivity (Wildman–Crippen MR) is 177 cm³/mol. The molecule has 4 aliphatic rings. The lowest BCUT2D eigenvalue weighted by atomic mass is 9.82. The Morgan fingerprint density at radius 1 is 1.02 bits per heavy atom. The Hall–Kier alpha value is -2.49. The van der Waals surface area contributed by atoms with Gasteiger partial charge in [0.05, 0.1) is 23.9 Å². The molecule has 45 heavy (non-hydrogen) atoms. The summed E-state index contributed by atoms with van der Waals surface area (Å²) in [5, 5.41) is 12.7. The molecule has 0 aromatic rings. The van der Waals surface area contributed by atoms with Crippen molar-refractivity contribution in [2.24, 2.45) is 28.9 Å². The third kappa shape index (κ3) is 11.7. The molecule has 5 unspecified atom stereocenters. The molecule has 1 saturated heterocycles. The van der Waals surface area contributed by atoms with Crippen molar-refractivity contribution in [1.29, 1.82) is 0 Å². The first kappa shape index (κ1) is 38.7. The lowest BCUT2D eigenvalue weighted by Crippen LogP contribution is -2.53. The van der Waals surface area contributed by atoms with Crippen LogP contribution in [0, 0.1) is 23.2 Å². The van der Waals surface area contributed by atoms with Gasteiger partial charge >= 0.3 is 0 Å². The fraction of sp³-hybridized carbons (Fsp3) is 0.800. The lowest BCUT2D eigenvalue weighted by Gasteiger charge is -2.39. The minimum Gasteiger partial charge on any atom is -0.367 e. The Balaban J connectivity index is 0.000000297. The summed E-state index contributed by atoms with van der Waals surface area (Å²) in [5.74, 6) is -2.93. The first-order valence-electron chi connectivity index (χ1n) is 17.1. The van der Waals surface area contributed by atoms with Crippen LogP contribution in [-0.4, -0.2) is 53.7 Å². The van der Waals surface area contributed by atoms with E-state index in [0.717, 1.165) is 38.0 Å². The number of primary amides is 1. The van der Waals surface area contributed by atoms with Crippen LogP contribution in [0.5, 0.6) is 0 Å². The summed E-state index contributed by atoms with van der Waals surface area (Å²) < 4.78 is 26.2. The summed E-state index contributed by atoms with van der Waals surface area (Å²) in [6.07, 6.45) is 9.91. The molecule has 0 spiro atoms. The number of carbonyl (C=O) groups excluding carboxylic acids is 3. The first-order chi connectivity index (χ1) is 21.0. The normalized spacial score (nSPS) is 25.9. The van der Waals surface area contributed by atoms with Crippen molar-refractivity contribution >= 4 is 17.6 Å². The monoisotopic (exact) mass is 637 g/mol. The van der Waals surface area contributed by atoms with Crippen LogP contribution in [-0.2, 0) is 14.4 Å². The maximum absolute atomic E-state index is 13.1. The van der Waals surface area contributed by atoms with Crippen LogP contribution < -0.4 is 27.0 Å². The van der Waals surface area contributed by atoms with Crippen molar-refractivity contribution in [3.63, 3.8) is 0 Å². The minimum absolute atomic E-state index is 0.00990. The van der Waals surface area contributed by atoms with Crippen LogP contribution in [0.2, 0.25) is 0 Å². The minimum atomic E-state index is -2.71. The van der Waals surface area contributed by atoms with E-state index in [1.165, 1.54) is 32.1 Å². The van der Waals surface area contributed by atoms with Crippen molar-refractivity contribution in [1.82, 2.24) is 21.3 Å². The Labute approximate surface area is 270 Å². The van der Waals surface area contributed by atoms with Crippen molar-refractivity contribution in [3.8, 4) is 0 Å². The van der Waals surface area contributed by atoms with Crippen LogP contribution in [0.4, 0.5) is 8.78 Å². The van der Waals surface area contributed by atoms with Gasteiger partial charge in [-0.3, -0.25) is 14.4 Å². The molecule has 0 aromatic heterocycles. The number of hydrogen-bond donors (Lipinski definition) is 5. The molecular formula is C35H61F2N5O3. The third-order valence-electron chi connectivity index (χ3n) is 9.55. The van der Waals surface area contributed by atoms with E-state index < -0.39 is 23.8 Å². The number of amides is 2. The molecule has 4 rings (SSSR count). The van der Waals surface area contributed by atoms with Gasteiger partial charge in [-0.25, -0.2) is 8.78 Å². The van der Waals surface area contributed by atoms with E-state index in [4.69, 9.17) is 5.73 Å². The van der Waals surface area contributed by atoms with E-state index in [9.17, 15) is 23.2 Å². The number of hydrogen-bond acceptors (Lipinski definition) is 6. The van der Waals surface area contributed by atoms with Gasteiger partial charge in [-0.05, 0) is 63.3 Å². The van der Waals surface area contributed by atoms with Gasteiger partial charge in [-0.2, -0.15) is 0 Å². The second-order valence-electron chi connectivity index (χ2n) is 14.6. The van der Waals surface area contributed by atoms with E-state index in [1.807, 2.05) is 20.8 Å². The molecule has 4 fully saturated rings. The summed E-state index contributed by atoms with van der Waals surface area (Å²) in [7, 11) is 0. The van der Waals surface area contributed by atoms with Crippen molar-refractivity contribution in [2.75, 3.05) is 6.54 Å². The predicted octanol–water partition coefficient (Wildman–Crippen LogP) is 5.73. The first-order valence-corrected chi connectivity index (χ1v) is 17.1. The Bertz CT molecular complexity index is 1050. The standard InChI is InChI=1S/C18H32N2O.C15H23F2N3O2.C2H6/c1-13(20-18(5)11-7-6-8-12-18)19-16(17(2,3)4)15(21)14-9-10-14;1-3-9-4-5-19-12(9)14(22)20-11(8(2)13(18)21)6-10-7-15(10,16)17;1-2/h14,16,19-20H,1,6-12H2,2-5H3;9-12,19H,2-7H2,1H3,(H2,18,21)(H,20,22);1-2H3. The summed E-state index contributed by atoms with van der Waals surface area (Å²) in [4.78, 5) is 36.2. The Kier molecular flexibility index (Phi) is 14.1. The highest BCUT2D eigenvalue weighted by Gasteiger charge is 2.57. The van der Waals surface area contributed by atoms with Crippen LogP contribution in [0.25, 0.3) is 0 Å². The van der Waals surface area contributed by atoms with E-state index >= 15 is 0 Å². The van der Waals surface area contributed by atoms with Crippen LogP contribution >= 0.6 is 0 Å². The molecule has 8 nitrogen and oxygen atoms in total. The number of nitrogens with one attached hydrogen (secondary N) is 4. The largest absolute Gasteiger partial charge is 0.367 e. The topological polar surface area (TPSA) is 125 Å². The molecule has 2 amide bonds. The molecule has 10 heteroatoms. The molecule has 0 bridgehead atoms. The van der Waals surface area contributed by atoms with Gasteiger partial charge in [0.1, 0.15) is 0 Å². The van der Waals surface area contributed by atoms with Crippen LogP contribution in [0.1, 0.15) is 119 Å². The number of nitrogens with two attached hydrogens (primary N) is 1. The summed E-state index contributed by atoms with van der Waals surface area (Å²) in [5.41, 5.74) is 5.21. The molecule has 1 aliphatic heterocycles. The second kappa shape index (κ2) is 16.4. The number of carbonyl (C=O) groups is 3. The van der Waals surface area contributed by atoms with E-state index in [2.05, 4.69) is 62.1 Å². The number of alkyl halides is 2. The van der Waals surface area contributed by atoms with Crippen LogP contribution in [0.15, 0.2) is 24.6 Å². The van der Waals surface area contributed by atoms with Crippen molar-refractivity contribution < 1.29 is 23.2 Å². The van der Waals surface area contributed by atoms with Gasteiger partial charge < -0.3 is 27.0 Å². The van der Waals surface area contributed by atoms with Gasteiger partial charge in [-0.15, -0.1) is 0 Å². The molecule has 6 N–H and O–H groups in total. The third-order valence-corrected chi connectivity index (χ3v) is 9.55. The van der Waals surface area contributed by atoms with E-state index in [1.54, 1.807) is 0 Å². The van der Waals surface area contributed by atoms with Crippen LogP contribution in [0.3, 0.4) is 0 Å². The molecule has 3 aliphatic carbocycles. The molecule has 258 valence electrons. The number of ketones is 1.